The molecule has 0 radical (unpaired) electrons. The van der Waals surface area contributed by atoms with Crippen LogP contribution in [0, 0.1) is 17.8 Å². The quantitative estimate of drug-likeness (QED) is 0.630. The summed E-state index contributed by atoms with van der Waals surface area (Å²) >= 11 is 0. The molecular weight excluding hydrogens is 206 g/mol. The molecule has 0 bridgehead atoms. The van der Waals surface area contributed by atoms with Crippen LogP contribution < -0.4 is 0 Å². The van der Waals surface area contributed by atoms with Gasteiger partial charge in [-0.2, -0.15) is 0 Å². The van der Waals surface area contributed by atoms with Gasteiger partial charge in [-0.15, -0.1) is 0 Å². The van der Waals surface area contributed by atoms with Gasteiger partial charge in [-0.3, -0.25) is 0 Å². The number of hydrogen-bond acceptors (Lipinski definition) is 0. The molecule has 0 saturated heterocycles. The van der Waals surface area contributed by atoms with E-state index in [1.54, 1.807) is 0 Å². The van der Waals surface area contributed by atoms with E-state index < -0.39 is 12.3 Å². The normalized spacial score (nSPS) is 32.1. The summed E-state index contributed by atoms with van der Waals surface area (Å²) in [5.41, 5.74) is 0. The van der Waals surface area contributed by atoms with E-state index in [9.17, 15) is 8.78 Å². The predicted octanol–water partition coefficient (Wildman–Crippen LogP) is 4.93. The van der Waals surface area contributed by atoms with Crippen molar-refractivity contribution in [1.29, 1.82) is 0 Å². The molecule has 0 aromatic rings. The topological polar surface area (TPSA) is 0 Å². The summed E-state index contributed by atoms with van der Waals surface area (Å²) in [4.78, 5) is 0. The van der Waals surface area contributed by atoms with E-state index >= 15 is 0 Å². The SMILES string of the molecule is CCCC(F)C(F)C(C)C1CCC(C)CC1. The van der Waals surface area contributed by atoms with Crippen molar-refractivity contribution >= 4 is 0 Å². The summed E-state index contributed by atoms with van der Waals surface area (Å²) in [5.74, 6) is 1.08. The Morgan fingerprint density at radius 1 is 1.12 bits per heavy atom. The number of halogens is 2. The molecule has 2 heteroatoms. The molecule has 0 nitrogen and oxygen atoms in total. The molecule has 1 rings (SSSR count). The van der Waals surface area contributed by atoms with Crippen molar-refractivity contribution in [3.05, 3.63) is 0 Å². The molecule has 1 fully saturated rings. The summed E-state index contributed by atoms with van der Waals surface area (Å²) in [6, 6.07) is 0. The lowest BCUT2D eigenvalue weighted by Gasteiger charge is -2.33. The van der Waals surface area contributed by atoms with Gasteiger partial charge < -0.3 is 0 Å². The third-order valence-corrected chi connectivity index (χ3v) is 4.22. The molecule has 0 amide bonds. The minimum absolute atomic E-state index is 0.103. The van der Waals surface area contributed by atoms with Crippen LogP contribution in [-0.4, -0.2) is 12.3 Å². The van der Waals surface area contributed by atoms with E-state index in [1.807, 2.05) is 13.8 Å². The summed E-state index contributed by atoms with van der Waals surface area (Å²) in [5, 5.41) is 0. The first kappa shape index (κ1) is 13.9. The first-order valence-electron chi connectivity index (χ1n) is 6.84. The molecule has 0 spiro atoms. The van der Waals surface area contributed by atoms with E-state index in [0.717, 1.165) is 25.2 Å². The average molecular weight is 232 g/mol. The van der Waals surface area contributed by atoms with Crippen molar-refractivity contribution in [2.75, 3.05) is 0 Å². The lowest BCUT2D eigenvalue weighted by molar-refractivity contribution is 0.0637. The Hall–Kier alpha value is -0.140. The van der Waals surface area contributed by atoms with Gasteiger partial charge in [-0.1, -0.05) is 40.0 Å². The van der Waals surface area contributed by atoms with E-state index in [-0.39, 0.29) is 5.92 Å². The van der Waals surface area contributed by atoms with Crippen molar-refractivity contribution in [2.45, 2.75) is 71.6 Å². The first-order valence-corrected chi connectivity index (χ1v) is 6.84. The fraction of sp³-hybridized carbons (Fsp3) is 1.00. The second-order valence-corrected chi connectivity index (χ2v) is 5.63. The maximum absolute atomic E-state index is 13.9. The molecule has 96 valence electrons. The lowest BCUT2D eigenvalue weighted by atomic mass is 9.74. The third-order valence-electron chi connectivity index (χ3n) is 4.22. The number of hydrogen-bond donors (Lipinski definition) is 0. The van der Waals surface area contributed by atoms with Crippen LogP contribution in [0.3, 0.4) is 0 Å². The molecular formula is C14H26F2. The van der Waals surface area contributed by atoms with Gasteiger partial charge in [-0.25, -0.2) is 8.78 Å². The fourth-order valence-electron chi connectivity index (χ4n) is 2.84. The van der Waals surface area contributed by atoms with Crippen LogP contribution in [0.2, 0.25) is 0 Å². The lowest BCUT2D eigenvalue weighted by Crippen LogP contribution is -2.32. The van der Waals surface area contributed by atoms with E-state index in [0.29, 0.717) is 12.3 Å². The molecule has 16 heavy (non-hydrogen) atoms. The van der Waals surface area contributed by atoms with Crippen LogP contribution in [0.5, 0.6) is 0 Å². The van der Waals surface area contributed by atoms with Gasteiger partial charge in [-0.05, 0) is 37.0 Å². The molecule has 1 saturated carbocycles. The van der Waals surface area contributed by atoms with Gasteiger partial charge in [0.2, 0.25) is 0 Å². The maximum Gasteiger partial charge on any atom is 0.134 e. The molecule has 0 aromatic carbocycles. The Labute approximate surface area is 98.8 Å². The van der Waals surface area contributed by atoms with Gasteiger partial charge in [0.05, 0.1) is 0 Å². The van der Waals surface area contributed by atoms with Crippen LogP contribution in [-0.2, 0) is 0 Å². The average Bonchev–Trinajstić information content (AvgIpc) is 2.28. The molecule has 0 heterocycles. The standard InChI is InChI=1S/C14H26F2/c1-4-5-13(15)14(16)11(3)12-8-6-10(2)7-9-12/h10-14H,4-9H2,1-3H3. The largest absolute Gasteiger partial charge is 0.244 e. The summed E-state index contributed by atoms with van der Waals surface area (Å²) < 4.78 is 27.4. The van der Waals surface area contributed by atoms with Crippen molar-refractivity contribution in [2.24, 2.45) is 17.8 Å². The van der Waals surface area contributed by atoms with Crippen LogP contribution >= 0.6 is 0 Å². The van der Waals surface area contributed by atoms with Gasteiger partial charge >= 0.3 is 0 Å². The zero-order chi connectivity index (χ0) is 12.1. The molecule has 1 aliphatic carbocycles. The smallest absolute Gasteiger partial charge is 0.134 e. The summed E-state index contributed by atoms with van der Waals surface area (Å²) in [7, 11) is 0. The highest BCUT2D eigenvalue weighted by atomic mass is 19.2. The first-order chi connectivity index (χ1) is 7.56. The maximum atomic E-state index is 13.9. The Kier molecular flexibility index (Phi) is 5.71. The number of alkyl halides is 2. The van der Waals surface area contributed by atoms with Gasteiger partial charge in [0, 0.05) is 0 Å². The molecule has 0 aromatic heterocycles. The van der Waals surface area contributed by atoms with Gasteiger partial charge in [0.25, 0.3) is 0 Å². The Morgan fingerprint density at radius 3 is 2.19 bits per heavy atom. The summed E-state index contributed by atoms with van der Waals surface area (Å²) in [6.45, 7) is 6.06. The molecule has 3 atom stereocenters. The second-order valence-electron chi connectivity index (χ2n) is 5.63. The second kappa shape index (κ2) is 6.56. The third kappa shape index (κ3) is 3.71. The Morgan fingerprint density at radius 2 is 1.69 bits per heavy atom. The van der Waals surface area contributed by atoms with Crippen LogP contribution in [0.1, 0.15) is 59.3 Å². The van der Waals surface area contributed by atoms with Crippen molar-refractivity contribution in [3.8, 4) is 0 Å². The van der Waals surface area contributed by atoms with Crippen molar-refractivity contribution in [3.63, 3.8) is 0 Å². The van der Waals surface area contributed by atoms with Gasteiger partial charge in [0.1, 0.15) is 12.3 Å². The van der Waals surface area contributed by atoms with E-state index in [4.69, 9.17) is 0 Å². The van der Waals surface area contributed by atoms with Crippen LogP contribution in [0.4, 0.5) is 8.78 Å². The predicted molar refractivity (Wildman–Crippen MR) is 65.0 cm³/mol. The highest BCUT2D eigenvalue weighted by Crippen LogP contribution is 2.36. The number of rotatable bonds is 5. The minimum atomic E-state index is -1.25. The van der Waals surface area contributed by atoms with Crippen LogP contribution in [0.25, 0.3) is 0 Å². The molecule has 0 N–H and O–H groups in total. The van der Waals surface area contributed by atoms with Crippen molar-refractivity contribution in [1.82, 2.24) is 0 Å². The molecule has 3 unspecified atom stereocenters. The summed E-state index contributed by atoms with van der Waals surface area (Å²) in [6.07, 6.45) is 3.14. The Balaban J connectivity index is 2.40. The monoisotopic (exact) mass is 232 g/mol. The van der Waals surface area contributed by atoms with E-state index in [2.05, 4.69) is 6.92 Å². The van der Waals surface area contributed by atoms with Crippen LogP contribution in [0.15, 0.2) is 0 Å². The zero-order valence-electron chi connectivity index (χ0n) is 10.9. The van der Waals surface area contributed by atoms with E-state index in [1.165, 1.54) is 12.8 Å². The van der Waals surface area contributed by atoms with Crippen molar-refractivity contribution < 1.29 is 8.78 Å². The zero-order valence-corrected chi connectivity index (χ0v) is 10.9. The fourth-order valence-corrected chi connectivity index (χ4v) is 2.84. The van der Waals surface area contributed by atoms with Gasteiger partial charge in [0.15, 0.2) is 0 Å². The highest BCUT2D eigenvalue weighted by molar-refractivity contribution is 4.82. The highest BCUT2D eigenvalue weighted by Gasteiger charge is 2.33. The minimum Gasteiger partial charge on any atom is -0.244 e. The Bertz CT molecular complexity index is 183. The molecule has 1 aliphatic rings. The molecule has 0 aliphatic heterocycles.